The molecule has 0 aliphatic carbocycles. The summed E-state index contributed by atoms with van der Waals surface area (Å²) in [6, 6.07) is 3.14. The maximum Gasteiger partial charge on any atom is 0.275 e. The lowest BCUT2D eigenvalue weighted by atomic mass is 10.2. The molecule has 0 fully saturated rings. The molecule has 0 saturated heterocycles. The molecular formula is C12H12ClN3O3S. The third kappa shape index (κ3) is 2.94. The van der Waals surface area contributed by atoms with Crippen molar-refractivity contribution in [2.45, 2.75) is 0 Å². The van der Waals surface area contributed by atoms with Crippen molar-refractivity contribution in [3.63, 3.8) is 0 Å². The molecule has 0 atom stereocenters. The van der Waals surface area contributed by atoms with Crippen molar-refractivity contribution in [1.82, 2.24) is 4.98 Å². The first-order valence-electron chi connectivity index (χ1n) is 5.49. The number of carbonyl (C=O) groups is 1. The van der Waals surface area contributed by atoms with E-state index in [1.165, 1.54) is 25.6 Å². The highest BCUT2D eigenvalue weighted by molar-refractivity contribution is 7.13. The number of nitrogens with one attached hydrogen (secondary N) is 1. The number of anilines is 2. The summed E-state index contributed by atoms with van der Waals surface area (Å²) in [5.41, 5.74) is 6.16. The Bertz CT molecular complexity index is 645. The first kappa shape index (κ1) is 14.4. The van der Waals surface area contributed by atoms with Crippen LogP contribution in [0.25, 0.3) is 0 Å². The van der Waals surface area contributed by atoms with Gasteiger partial charge in [0.1, 0.15) is 17.2 Å². The Labute approximate surface area is 124 Å². The molecule has 6 nitrogen and oxygen atoms in total. The van der Waals surface area contributed by atoms with Gasteiger partial charge in [0.25, 0.3) is 5.91 Å². The molecule has 0 bridgehead atoms. The topological polar surface area (TPSA) is 86.5 Å². The number of hydrogen-bond acceptors (Lipinski definition) is 6. The zero-order valence-corrected chi connectivity index (χ0v) is 12.3. The quantitative estimate of drug-likeness (QED) is 0.906. The van der Waals surface area contributed by atoms with E-state index in [1.807, 2.05) is 0 Å². The van der Waals surface area contributed by atoms with Gasteiger partial charge in [-0.25, -0.2) is 4.98 Å². The minimum atomic E-state index is -0.391. The highest BCUT2D eigenvalue weighted by Crippen LogP contribution is 2.36. The third-order valence-corrected chi connectivity index (χ3v) is 3.45. The zero-order chi connectivity index (χ0) is 14.7. The fourth-order valence-corrected chi connectivity index (χ4v) is 2.32. The van der Waals surface area contributed by atoms with Gasteiger partial charge in [0, 0.05) is 11.4 Å². The SMILES string of the molecule is COc1cc(OC)c(NC(=O)c2csc(N)n2)cc1Cl. The Kier molecular flexibility index (Phi) is 4.31. The fraction of sp³-hybridized carbons (Fsp3) is 0.167. The van der Waals surface area contributed by atoms with Crippen LogP contribution >= 0.6 is 22.9 Å². The van der Waals surface area contributed by atoms with Crippen molar-refractivity contribution in [2.75, 3.05) is 25.3 Å². The van der Waals surface area contributed by atoms with Gasteiger partial charge in [0.15, 0.2) is 5.13 Å². The number of nitrogens with two attached hydrogens (primary N) is 1. The molecule has 3 N–H and O–H groups in total. The standard InChI is InChI=1S/C12H12ClN3O3S/c1-18-9-4-10(19-2)7(3-6(9)13)15-11(17)8-5-20-12(14)16-8/h3-5H,1-2H3,(H2,14,16)(H,15,17). The van der Waals surface area contributed by atoms with Gasteiger partial charge in [-0.2, -0.15) is 0 Å². The maximum atomic E-state index is 12.0. The minimum Gasteiger partial charge on any atom is -0.495 e. The molecule has 8 heteroatoms. The highest BCUT2D eigenvalue weighted by atomic mass is 35.5. The summed E-state index contributed by atoms with van der Waals surface area (Å²) in [6.45, 7) is 0. The molecule has 0 radical (unpaired) electrons. The van der Waals surface area contributed by atoms with Gasteiger partial charge >= 0.3 is 0 Å². The number of rotatable bonds is 4. The summed E-state index contributed by atoms with van der Waals surface area (Å²) in [6.07, 6.45) is 0. The molecule has 20 heavy (non-hydrogen) atoms. The molecule has 2 rings (SSSR count). The van der Waals surface area contributed by atoms with Gasteiger partial charge < -0.3 is 20.5 Å². The number of aromatic nitrogens is 1. The lowest BCUT2D eigenvalue weighted by Gasteiger charge is -2.12. The lowest BCUT2D eigenvalue weighted by Crippen LogP contribution is -2.13. The van der Waals surface area contributed by atoms with E-state index in [1.54, 1.807) is 17.5 Å². The number of methoxy groups -OCH3 is 2. The van der Waals surface area contributed by atoms with Crippen LogP contribution in [0.3, 0.4) is 0 Å². The summed E-state index contributed by atoms with van der Waals surface area (Å²) >= 11 is 7.22. The van der Waals surface area contributed by atoms with Gasteiger partial charge in [-0.1, -0.05) is 11.6 Å². The van der Waals surface area contributed by atoms with Crippen molar-refractivity contribution >= 4 is 39.7 Å². The Morgan fingerprint density at radius 1 is 1.35 bits per heavy atom. The summed E-state index contributed by atoms with van der Waals surface area (Å²) in [5.74, 6) is 0.500. The Morgan fingerprint density at radius 3 is 2.60 bits per heavy atom. The molecule has 0 spiro atoms. The van der Waals surface area contributed by atoms with Gasteiger partial charge in [-0.3, -0.25) is 4.79 Å². The average molecular weight is 314 g/mol. The second-order valence-electron chi connectivity index (χ2n) is 3.71. The molecule has 2 aromatic rings. The smallest absolute Gasteiger partial charge is 0.275 e. The third-order valence-electron chi connectivity index (χ3n) is 2.48. The van der Waals surface area contributed by atoms with Gasteiger partial charge in [0.2, 0.25) is 0 Å². The van der Waals surface area contributed by atoms with Crippen LogP contribution in [0.1, 0.15) is 10.5 Å². The molecular weight excluding hydrogens is 302 g/mol. The molecule has 1 heterocycles. The van der Waals surface area contributed by atoms with E-state index in [-0.39, 0.29) is 5.69 Å². The summed E-state index contributed by atoms with van der Waals surface area (Å²) in [5, 5.41) is 4.93. The average Bonchev–Trinajstić information content (AvgIpc) is 2.86. The molecule has 106 valence electrons. The first-order chi connectivity index (χ1) is 9.55. The number of carbonyl (C=O) groups excluding carboxylic acids is 1. The van der Waals surface area contributed by atoms with E-state index in [9.17, 15) is 4.79 Å². The Hall–Kier alpha value is -1.99. The summed E-state index contributed by atoms with van der Waals surface area (Å²) in [7, 11) is 2.98. The largest absolute Gasteiger partial charge is 0.495 e. The predicted octanol–water partition coefficient (Wildman–Crippen LogP) is 2.65. The van der Waals surface area contributed by atoms with Crippen LogP contribution in [0.15, 0.2) is 17.5 Å². The zero-order valence-electron chi connectivity index (χ0n) is 10.8. The molecule has 1 aromatic carbocycles. The number of ether oxygens (including phenoxy) is 2. The molecule has 1 aromatic heterocycles. The normalized spacial score (nSPS) is 10.2. The predicted molar refractivity (Wildman–Crippen MR) is 79.0 cm³/mol. The van der Waals surface area contributed by atoms with E-state index in [2.05, 4.69) is 10.3 Å². The van der Waals surface area contributed by atoms with Gasteiger partial charge in [0.05, 0.1) is 24.9 Å². The second-order valence-corrected chi connectivity index (χ2v) is 5.01. The van der Waals surface area contributed by atoms with Crippen molar-refractivity contribution < 1.29 is 14.3 Å². The van der Waals surface area contributed by atoms with Gasteiger partial charge in [-0.05, 0) is 6.07 Å². The Morgan fingerprint density at radius 2 is 2.05 bits per heavy atom. The van der Waals surface area contributed by atoms with Crippen LogP contribution in [-0.4, -0.2) is 25.1 Å². The van der Waals surface area contributed by atoms with Crippen LogP contribution in [-0.2, 0) is 0 Å². The minimum absolute atomic E-state index is 0.237. The van der Waals surface area contributed by atoms with Crippen molar-refractivity contribution in [3.8, 4) is 11.5 Å². The van der Waals surface area contributed by atoms with Crippen molar-refractivity contribution in [1.29, 1.82) is 0 Å². The molecule has 1 amide bonds. The van der Waals surface area contributed by atoms with E-state index in [4.69, 9.17) is 26.8 Å². The molecule has 0 saturated carbocycles. The van der Waals surface area contributed by atoms with Crippen LogP contribution < -0.4 is 20.5 Å². The van der Waals surface area contributed by atoms with Crippen LogP contribution in [0, 0.1) is 0 Å². The highest BCUT2D eigenvalue weighted by Gasteiger charge is 2.15. The van der Waals surface area contributed by atoms with E-state index < -0.39 is 5.91 Å². The van der Waals surface area contributed by atoms with Crippen LogP contribution in [0.4, 0.5) is 10.8 Å². The van der Waals surface area contributed by atoms with E-state index in [0.717, 1.165) is 0 Å². The van der Waals surface area contributed by atoms with Crippen molar-refractivity contribution in [3.05, 3.63) is 28.2 Å². The lowest BCUT2D eigenvalue weighted by molar-refractivity contribution is 0.102. The number of thiazole rings is 1. The Balaban J connectivity index is 2.28. The van der Waals surface area contributed by atoms with Crippen LogP contribution in [0.5, 0.6) is 11.5 Å². The maximum absolute atomic E-state index is 12.0. The second kappa shape index (κ2) is 5.98. The monoisotopic (exact) mass is 313 g/mol. The van der Waals surface area contributed by atoms with Crippen molar-refractivity contribution in [2.24, 2.45) is 0 Å². The number of benzene rings is 1. The molecule has 0 unspecified atom stereocenters. The summed E-state index contributed by atoms with van der Waals surface area (Å²) in [4.78, 5) is 15.9. The summed E-state index contributed by atoms with van der Waals surface area (Å²) < 4.78 is 10.3. The molecule has 0 aliphatic rings. The number of halogens is 1. The van der Waals surface area contributed by atoms with E-state index >= 15 is 0 Å². The number of amides is 1. The van der Waals surface area contributed by atoms with Crippen LogP contribution in [0.2, 0.25) is 5.02 Å². The fourth-order valence-electron chi connectivity index (χ4n) is 1.54. The first-order valence-corrected chi connectivity index (χ1v) is 6.74. The number of nitrogens with zero attached hydrogens (tertiary/aromatic N) is 1. The molecule has 0 aliphatic heterocycles. The van der Waals surface area contributed by atoms with Gasteiger partial charge in [-0.15, -0.1) is 11.3 Å². The number of nitrogen functional groups attached to an aromatic ring is 1. The van der Waals surface area contributed by atoms with E-state index in [0.29, 0.717) is 27.3 Å². The number of hydrogen-bond donors (Lipinski definition) is 2.